The van der Waals surface area contributed by atoms with Crippen LogP contribution >= 0.6 is 6.75 Å². The standard InChI is InChI=1S/C25H56NP/c1-5-8-11-14-17-20-23-27(4,26,24-21-18-15-12-9-6-2)25-22-19-16-13-10-7-3/h5-26H2,1-4H3. The van der Waals surface area contributed by atoms with E-state index in [9.17, 15) is 0 Å². The van der Waals surface area contributed by atoms with Gasteiger partial charge in [-0.3, -0.25) is 0 Å². The van der Waals surface area contributed by atoms with E-state index in [1.165, 1.54) is 134 Å². The first kappa shape index (κ1) is 27.4. The Balaban J connectivity index is 4.29. The molecule has 0 atom stereocenters. The van der Waals surface area contributed by atoms with E-state index in [4.69, 9.17) is 5.50 Å². The Hall–Kier alpha value is 0.390. The fourth-order valence-corrected chi connectivity index (χ4v) is 8.61. The SMILES string of the molecule is CCCCCCCCP(C)(N)(CCCCCCCC)CCCCCCCC. The summed E-state index contributed by atoms with van der Waals surface area (Å²) in [6.45, 7) is 7.53. The Morgan fingerprint density at radius 1 is 0.407 bits per heavy atom. The molecule has 0 heterocycles. The monoisotopic (exact) mass is 401 g/mol. The minimum absolute atomic E-state index is 1.35. The zero-order valence-electron chi connectivity index (χ0n) is 19.9. The summed E-state index contributed by atoms with van der Waals surface area (Å²) < 4.78 is 0. The molecule has 0 saturated heterocycles. The first-order chi connectivity index (χ1) is 13.0. The maximum absolute atomic E-state index is 7.29. The molecule has 0 rings (SSSR count). The normalized spacial score (nSPS) is 13.6. The second-order valence-electron chi connectivity index (χ2n) is 9.90. The summed E-state index contributed by atoms with van der Waals surface area (Å²) in [6, 6.07) is 0. The zero-order chi connectivity index (χ0) is 20.3. The van der Waals surface area contributed by atoms with Crippen LogP contribution in [0.1, 0.15) is 136 Å². The van der Waals surface area contributed by atoms with Gasteiger partial charge in [0.15, 0.2) is 0 Å². The number of rotatable bonds is 21. The Bertz CT molecular complexity index is 266. The molecule has 0 bridgehead atoms. The number of unbranched alkanes of at least 4 members (excludes halogenated alkanes) is 15. The van der Waals surface area contributed by atoms with Crippen molar-refractivity contribution in [2.75, 3.05) is 25.2 Å². The van der Waals surface area contributed by atoms with Crippen LogP contribution in [0.15, 0.2) is 0 Å². The van der Waals surface area contributed by atoms with Gasteiger partial charge in [-0.1, -0.05) is 0 Å². The Kier molecular flexibility index (Phi) is 17.5. The molecule has 0 radical (unpaired) electrons. The third-order valence-corrected chi connectivity index (χ3v) is 11.5. The van der Waals surface area contributed by atoms with E-state index in [1.807, 2.05) is 0 Å². The van der Waals surface area contributed by atoms with E-state index in [0.717, 1.165) is 0 Å². The first-order valence-electron chi connectivity index (χ1n) is 12.8. The molecule has 0 aromatic rings. The van der Waals surface area contributed by atoms with Crippen molar-refractivity contribution in [1.82, 2.24) is 0 Å². The van der Waals surface area contributed by atoms with Gasteiger partial charge in [-0.15, -0.1) is 0 Å². The van der Waals surface area contributed by atoms with Gasteiger partial charge < -0.3 is 0 Å². The summed E-state index contributed by atoms with van der Waals surface area (Å²) >= 11 is 0. The summed E-state index contributed by atoms with van der Waals surface area (Å²) in [4.78, 5) is 0. The molecule has 2 heteroatoms. The van der Waals surface area contributed by atoms with Crippen LogP contribution < -0.4 is 5.50 Å². The molecule has 0 aromatic carbocycles. The third kappa shape index (κ3) is 17.0. The molecule has 27 heavy (non-hydrogen) atoms. The average molecular weight is 402 g/mol. The fraction of sp³-hybridized carbons (Fsp3) is 1.00. The Labute approximate surface area is 174 Å². The molecule has 0 aliphatic carbocycles. The van der Waals surface area contributed by atoms with E-state index in [2.05, 4.69) is 27.4 Å². The van der Waals surface area contributed by atoms with Crippen molar-refractivity contribution in [3.63, 3.8) is 0 Å². The minimum atomic E-state index is -1.94. The summed E-state index contributed by atoms with van der Waals surface area (Å²) in [7, 11) is 0. The molecule has 0 spiro atoms. The molecule has 0 fully saturated rings. The summed E-state index contributed by atoms with van der Waals surface area (Å²) in [5.74, 6) is 0. The average Bonchev–Trinajstić information content (AvgIpc) is 2.64. The van der Waals surface area contributed by atoms with Crippen molar-refractivity contribution in [1.29, 1.82) is 0 Å². The van der Waals surface area contributed by atoms with Crippen molar-refractivity contribution in [2.24, 2.45) is 5.50 Å². The predicted octanol–water partition coefficient (Wildman–Crippen LogP) is 9.12. The van der Waals surface area contributed by atoms with Gasteiger partial charge in [-0.2, -0.15) is 0 Å². The summed E-state index contributed by atoms with van der Waals surface area (Å²) in [5, 5.41) is 0. The van der Waals surface area contributed by atoms with Crippen LogP contribution in [0.2, 0.25) is 0 Å². The second-order valence-corrected chi connectivity index (χ2v) is 16.1. The quantitative estimate of drug-likeness (QED) is 0.150. The molecule has 0 aliphatic heterocycles. The zero-order valence-corrected chi connectivity index (χ0v) is 20.8. The van der Waals surface area contributed by atoms with Crippen LogP contribution in [0, 0.1) is 0 Å². The third-order valence-electron chi connectivity index (χ3n) is 6.54. The van der Waals surface area contributed by atoms with E-state index in [1.54, 1.807) is 0 Å². The first-order valence-corrected chi connectivity index (χ1v) is 16.1. The van der Waals surface area contributed by atoms with Crippen molar-refractivity contribution < 1.29 is 0 Å². The van der Waals surface area contributed by atoms with Crippen molar-refractivity contribution in [2.45, 2.75) is 136 Å². The molecule has 0 saturated carbocycles. The molecule has 0 amide bonds. The van der Waals surface area contributed by atoms with Gasteiger partial charge in [0.1, 0.15) is 0 Å². The predicted molar refractivity (Wildman–Crippen MR) is 132 cm³/mol. The van der Waals surface area contributed by atoms with Crippen LogP contribution in [-0.2, 0) is 0 Å². The molecular weight excluding hydrogens is 345 g/mol. The number of nitrogens with two attached hydrogens (primary N) is 1. The van der Waals surface area contributed by atoms with Gasteiger partial charge in [-0.05, 0) is 0 Å². The maximum atomic E-state index is 7.29. The Morgan fingerprint density at radius 2 is 0.630 bits per heavy atom. The summed E-state index contributed by atoms with van der Waals surface area (Å²) in [6.07, 6.45) is 29.3. The van der Waals surface area contributed by atoms with E-state index in [0.29, 0.717) is 0 Å². The van der Waals surface area contributed by atoms with Gasteiger partial charge in [0.2, 0.25) is 0 Å². The number of hydrogen-bond donors (Lipinski definition) is 1. The fourth-order valence-electron chi connectivity index (χ4n) is 4.43. The van der Waals surface area contributed by atoms with E-state index in [-0.39, 0.29) is 0 Å². The van der Waals surface area contributed by atoms with Crippen LogP contribution in [0.5, 0.6) is 0 Å². The van der Waals surface area contributed by atoms with Crippen molar-refractivity contribution in [3.8, 4) is 0 Å². The van der Waals surface area contributed by atoms with Crippen LogP contribution in [0.4, 0.5) is 0 Å². The van der Waals surface area contributed by atoms with Crippen molar-refractivity contribution in [3.05, 3.63) is 0 Å². The molecular formula is C25H56NP. The van der Waals surface area contributed by atoms with Crippen LogP contribution in [0.3, 0.4) is 0 Å². The Morgan fingerprint density at radius 3 is 0.889 bits per heavy atom. The van der Waals surface area contributed by atoms with Crippen LogP contribution in [0.25, 0.3) is 0 Å². The molecule has 0 aliphatic rings. The van der Waals surface area contributed by atoms with Crippen molar-refractivity contribution >= 4 is 6.75 Å². The second kappa shape index (κ2) is 17.3. The summed E-state index contributed by atoms with van der Waals surface area (Å²) in [5.41, 5.74) is 7.29. The molecule has 166 valence electrons. The van der Waals surface area contributed by atoms with Gasteiger partial charge in [0, 0.05) is 0 Å². The van der Waals surface area contributed by atoms with Gasteiger partial charge >= 0.3 is 174 Å². The molecule has 1 nitrogen and oxygen atoms in total. The number of hydrogen-bond acceptors (Lipinski definition) is 1. The van der Waals surface area contributed by atoms with E-state index >= 15 is 0 Å². The van der Waals surface area contributed by atoms with Crippen LogP contribution in [-0.4, -0.2) is 25.2 Å². The molecule has 0 unspecified atom stereocenters. The van der Waals surface area contributed by atoms with Gasteiger partial charge in [0.05, 0.1) is 0 Å². The van der Waals surface area contributed by atoms with Gasteiger partial charge in [-0.25, -0.2) is 0 Å². The molecule has 2 N–H and O–H groups in total. The topological polar surface area (TPSA) is 26.0 Å². The molecule has 0 aromatic heterocycles. The van der Waals surface area contributed by atoms with E-state index < -0.39 is 6.75 Å². The van der Waals surface area contributed by atoms with Gasteiger partial charge in [0.25, 0.3) is 0 Å².